The molecule has 0 bridgehead atoms. The third-order valence-electron chi connectivity index (χ3n) is 1.83. The summed E-state index contributed by atoms with van der Waals surface area (Å²) in [6.07, 6.45) is 1.92. The van der Waals surface area contributed by atoms with Crippen molar-refractivity contribution < 1.29 is 14.3 Å². The average Bonchev–Trinajstić information content (AvgIpc) is 2.56. The van der Waals surface area contributed by atoms with Crippen LogP contribution in [0, 0.1) is 0 Å². The summed E-state index contributed by atoms with van der Waals surface area (Å²) in [6, 6.07) is 0. The fourth-order valence-electron chi connectivity index (χ4n) is 1.17. The molecule has 1 amide bonds. The zero-order chi connectivity index (χ0) is 8.81. The lowest BCUT2D eigenvalue weighted by atomic mass is 10.4. The minimum atomic E-state index is -0.249. The van der Waals surface area contributed by atoms with Crippen LogP contribution >= 0.6 is 0 Å². The van der Waals surface area contributed by atoms with E-state index in [1.54, 1.807) is 4.90 Å². The molecule has 0 aliphatic carbocycles. The normalized spacial score (nSPS) is 16.6. The molecule has 4 nitrogen and oxygen atoms in total. The largest absolute Gasteiger partial charge is 0.422 e. The Labute approximate surface area is 72.4 Å². The highest BCUT2D eigenvalue weighted by Crippen LogP contribution is 2.08. The highest BCUT2D eigenvalue weighted by Gasteiger charge is 2.18. The molecule has 1 saturated heterocycles. The van der Waals surface area contributed by atoms with Gasteiger partial charge < -0.3 is 14.4 Å². The first-order valence-electron chi connectivity index (χ1n) is 4.34. The van der Waals surface area contributed by atoms with E-state index >= 15 is 0 Å². The Balaban J connectivity index is 2.10. The number of hydrogen-bond acceptors (Lipinski definition) is 3. The summed E-state index contributed by atoms with van der Waals surface area (Å²) < 4.78 is 9.73. The molecule has 1 rings (SSSR count). The lowest BCUT2D eigenvalue weighted by Crippen LogP contribution is -2.28. The van der Waals surface area contributed by atoms with Gasteiger partial charge in [0.25, 0.3) is 0 Å². The Morgan fingerprint density at radius 2 is 2.08 bits per heavy atom. The third-order valence-corrected chi connectivity index (χ3v) is 1.83. The second-order valence-corrected chi connectivity index (χ2v) is 2.72. The molecule has 4 heteroatoms. The molecule has 0 aromatic rings. The van der Waals surface area contributed by atoms with Gasteiger partial charge in [-0.1, -0.05) is 0 Å². The maximum absolute atomic E-state index is 11.1. The van der Waals surface area contributed by atoms with Gasteiger partial charge in [-0.25, -0.2) is 4.79 Å². The van der Waals surface area contributed by atoms with Gasteiger partial charge in [0.2, 0.25) is 0 Å². The predicted octanol–water partition coefficient (Wildman–Crippen LogP) is 1.21. The van der Waals surface area contributed by atoms with Gasteiger partial charge in [-0.05, 0) is 19.8 Å². The van der Waals surface area contributed by atoms with E-state index in [2.05, 4.69) is 0 Å². The fraction of sp³-hybridized carbons (Fsp3) is 0.875. The molecule has 1 heterocycles. The van der Waals surface area contributed by atoms with Gasteiger partial charge in [0.05, 0.1) is 0 Å². The predicted molar refractivity (Wildman–Crippen MR) is 43.8 cm³/mol. The summed E-state index contributed by atoms with van der Waals surface area (Å²) in [6.45, 7) is 4.17. The second-order valence-electron chi connectivity index (χ2n) is 2.72. The van der Waals surface area contributed by atoms with Crippen LogP contribution in [-0.4, -0.2) is 37.5 Å². The van der Waals surface area contributed by atoms with E-state index in [9.17, 15) is 4.79 Å². The summed E-state index contributed by atoms with van der Waals surface area (Å²) in [7, 11) is 0. The van der Waals surface area contributed by atoms with Crippen molar-refractivity contribution in [1.82, 2.24) is 4.90 Å². The smallest absolute Gasteiger partial charge is 0.411 e. The molecule has 70 valence electrons. The number of nitrogens with zero attached hydrogens (tertiary/aromatic N) is 1. The number of carbonyl (C=O) groups is 1. The number of amides is 1. The van der Waals surface area contributed by atoms with Crippen molar-refractivity contribution in [2.75, 3.05) is 26.5 Å². The maximum atomic E-state index is 11.1. The molecule has 0 atom stereocenters. The topological polar surface area (TPSA) is 38.8 Å². The Kier molecular flexibility index (Phi) is 3.87. The van der Waals surface area contributed by atoms with Crippen molar-refractivity contribution in [3.63, 3.8) is 0 Å². The van der Waals surface area contributed by atoms with Crippen molar-refractivity contribution in [3.05, 3.63) is 0 Å². The minimum Gasteiger partial charge on any atom is -0.422 e. The molecule has 0 radical (unpaired) electrons. The first-order chi connectivity index (χ1) is 5.84. The van der Waals surface area contributed by atoms with E-state index in [0.29, 0.717) is 6.61 Å². The van der Waals surface area contributed by atoms with Crippen LogP contribution in [0.2, 0.25) is 0 Å². The number of carbonyl (C=O) groups excluding carboxylic acids is 1. The SMILES string of the molecule is CCOCOC(=O)N1CCCC1. The van der Waals surface area contributed by atoms with Gasteiger partial charge in [-0.3, -0.25) is 0 Å². The Morgan fingerprint density at radius 3 is 2.67 bits per heavy atom. The highest BCUT2D eigenvalue weighted by atomic mass is 16.7. The molecule has 0 aromatic heterocycles. The zero-order valence-electron chi connectivity index (χ0n) is 7.41. The molecule has 0 unspecified atom stereocenters. The third kappa shape index (κ3) is 2.70. The first kappa shape index (κ1) is 9.32. The van der Waals surface area contributed by atoms with Crippen LogP contribution in [-0.2, 0) is 9.47 Å². The standard InChI is InChI=1S/C8H15NO3/c1-2-11-7-12-8(10)9-5-3-4-6-9/h2-7H2,1H3. The van der Waals surface area contributed by atoms with Crippen molar-refractivity contribution in [3.8, 4) is 0 Å². The summed E-state index contributed by atoms with van der Waals surface area (Å²) >= 11 is 0. The minimum absolute atomic E-state index is 0.0752. The zero-order valence-corrected chi connectivity index (χ0v) is 7.41. The summed E-state index contributed by atoms with van der Waals surface area (Å²) in [4.78, 5) is 12.9. The van der Waals surface area contributed by atoms with Crippen LogP contribution in [0.3, 0.4) is 0 Å². The lowest BCUT2D eigenvalue weighted by Gasteiger charge is -2.14. The number of rotatable bonds is 3. The molecule has 12 heavy (non-hydrogen) atoms. The maximum Gasteiger partial charge on any atom is 0.411 e. The van der Waals surface area contributed by atoms with Crippen LogP contribution in [0.5, 0.6) is 0 Å². The number of hydrogen-bond donors (Lipinski definition) is 0. The van der Waals surface area contributed by atoms with Gasteiger partial charge >= 0.3 is 6.09 Å². The molecule has 0 saturated carbocycles. The van der Waals surface area contributed by atoms with Crippen molar-refractivity contribution in [2.45, 2.75) is 19.8 Å². The van der Waals surface area contributed by atoms with Gasteiger partial charge in [-0.15, -0.1) is 0 Å². The summed E-state index contributed by atoms with van der Waals surface area (Å²) in [5.74, 6) is 0. The van der Waals surface area contributed by atoms with Crippen LogP contribution in [0.1, 0.15) is 19.8 Å². The average molecular weight is 173 g/mol. The van der Waals surface area contributed by atoms with Crippen LogP contribution < -0.4 is 0 Å². The quantitative estimate of drug-likeness (QED) is 0.475. The molecule has 0 spiro atoms. The van der Waals surface area contributed by atoms with E-state index in [4.69, 9.17) is 9.47 Å². The van der Waals surface area contributed by atoms with E-state index in [1.807, 2.05) is 6.92 Å². The molecule has 1 aliphatic heterocycles. The second kappa shape index (κ2) is 4.98. The van der Waals surface area contributed by atoms with Crippen molar-refractivity contribution in [1.29, 1.82) is 0 Å². The molecular weight excluding hydrogens is 158 g/mol. The van der Waals surface area contributed by atoms with Crippen LogP contribution in [0.4, 0.5) is 4.79 Å². The van der Waals surface area contributed by atoms with Crippen LogP contribution in [0.15, 0.2) is 0 Å². The molecule has 0 aromatic carbocycles. The van der Waals surface area contributed by atoms with E-state index in [0.717, 1.165) is 25.9 Å². The molecule has 1 aliphatic rings. The fourth-order valence-corrected chi connectivity index (χ4v) is 1.17. The van der Waals surface area contributed by atoms with Crippen molar-refractivity contribution in [2.24, 2.45) is 0 Å². The van der Waals surface area contributed by atoms with Crippen molar-refractivity contribution >= 4 is 6.09 Å². The lowest BCUT2D eigenvalue weighted by molar-refractivity contribution is -0.0208. The monoisotopic (exact) mass is 173 g/mol. The Hall–Kier alpha value is -0.770. The number of likely N-dealkylation sites (tertiary alicyclic amines) is 1. The van der Waals surface area contributed by atoms with Gasteiger partial charge in [0.15, 0.2) is 6.79 Å². The van der Waals surface area contributed by atoms with E-state index < -0.39 is 0 Å². The molecule has 1 fully saturated rings. The van der Waals surface area contributed by atoms with Gasteiger partial charge in [0.1, 0.15) is 0 Å². The van der Waals surface area contributed by atoms with E-state index in [-0.39, 0.29) is 12.9 Å². The number of ether oxygens (including phenoxy) is 2. The summed E-state index contributed by atoms with van der Waals surface area (Å²) in [5, 5.41) is 0. The Morgan fingerprint density at radius 1 is 1.42 bits per heavy atom. The van der Waals surface area contributed by atoms with Crippen LogP contribution in [0.25, 0.3) is 0 Å². The first-order valence-corrected chi connectivity index (χ1v) is 4.34. The Bertz CT molecular complexity index is 143. The summed E-state index contributed by atoms with van der Waals surface area (Å²) in [5.41, 5.74) is 0. The molecular formula is C8H15NO3. The van der Waals surface area contributed by atoms with Gasteiger partial charge in [0, 0.05) is 19.7 Å². The van der Waals surface area contributed by atoms with Gasteiger partial charge in [-0.2, -0.15) is 0 Å². The molecule has 0 N–H and O–H groups in total. The highest BCUT2D eigenvalue weighted by molar-refractivity contribution is 5.67. The van der Waals surface area contributed by atoms with E-state index in [1.165, 1.54) is 0 Å².